The van der Waals surface area contributed by atoms with Crippen LogP contribution in [0.3, 0.4) is 0 Å². The Morgan fingerprint density at radius 1 is 1.36 bits per heavy atom. The number of nitrogens with zero attached hydrogens (tertiary/aromatic N) is 3. The molecule has 0 aliphatic rings. The average Bonchev–Trinajstić information content (AvgIpc) is 3.04. The van der Waals surface area contributed by atoms with Gasteiger partial charge in [0.1, 0.15) is 0 Å². The van der Waals surface area contributed by atoms with E-state index in [-0.39, 0.29) is 18.6 Å². The maximum atomic E-state index is 12.8. The number of amides is 1. The normalized spacial score (nSPS) is 12.3. The molecule has 2 aromatic heterocycles. The number of rotatable bonds is 5. The molecule has 3 aromatic rings. The molecule has 25 heavy (non-hydrogen) atoms. The first-order valence-corrected chi connectivity index (χ1v) is 8.39. The van der Waals surface area contributed by atoms with Crippen molar-refractivity contribution in [2.75, 3.05) is 5.32 Å². The van der Waals surface area contributed by atoms with Gasteiger partial charge < -0.3 is 10.4 Å². The van der Waals surface area contributed by atoms with Crippen LogP contribution in [0.2, 0.25) is 0 Å². The highest BCUT2D eigenvalue weighted by molar-refractivity contribution is 6.12. The highest BCUT2D eigenvalue weighted by Gasteiger charge is 2.17. The Hall–Kier alpha value is -2.73. The molecule has 0 aliphatic carbocycles. The number of aryl methyl sites for hydroxylation is 1. The molecule has 1 atom stereocenters. The van der Waals surface area contributed by atoms with Gasteiger partial charge in [-0.15, -0.1) is 0 Å². The number of benzene rings is 1. The van der Waals surface area contributed by atoms with Crippen molar-refractivity contribution in [1.29, 1.82) is 0 Å². The lowest BCUT2D eigenvalue weighted by Gasteiger charge is -2.11. The number of aliphatic hydroxyl groups is 1. The molecule has 2 N–H and O–H groups in total. The summed E-state index contributed by atoms with van der Waals surface area (Å²) in [5.41, 5.74) is 3.44. The molecule has 0 bridgehead atoms. The van der Waals surface area contributed by atoms with Crippen molar-refractivity contribution in [3.05, 3.63) is 53.3 Å². The molecule has 3 rings (SSSR count). The van der Waals surface area contributed by atoms with E-state index in [1.807, 2.05) is 11.6 Å². The van der Waals surface area contributed by atoms with Gasteiger partial charge in [0, 0.05) is 11.4 Å². The summed E-state index contributed by atoms with van der Waals surface area (Å²) in [4.78, 5) is 17.4. The summed E-state index contributed by atoms with van der Waals surface area (Å²) in [7, 11) is 0. The van der Waals surface area contributed by atoms with Crippen molar-refractivity contribution in [2.24, 2.45) is 0 Å². The number of fused-ring (bicyclic) bond motifs is 1. The molecule has 0 spiro atoms. The third-order valence-corrected chi connectivity index (χ3v) is 4.32. The molecular formula is C19H22N4O2. The van der Waals surface area contributed by atoms with Crippen LogP contribution in [-0.4, -0.2) is 25.8 Å². The van der Waals surface area contributed by atoms with Crippen LogP contribution in [0.1, 0.15) is 47.9 Å². The summed E-state index contributed by atoms with van der Waals surface area (Å²) in [6, 6.07) is 9.15. The van der Waals surface area contributed by atoms with Crippen LogP contribution in [0.25, 0.3) is 11.0 Å². The molecule has 130 valence electrons. The van der Waals surface area contributed by atoms with E-state index in [2.05, 4.69) is 29.2 Å². The molecule has 0 saturated carbocycles. The number of pyridine rings is 1. The predicted octanol–water partition coefficient (Wildman–Crippen LogP) is 3.46. The third-order valence-electron chi connectivity index (χ3n) is 4.32. The maximum absolute atomic E-state index is 12.8. The van der Waals surface area contributed by atoms with Gasteiger partial charge in [0.05, 0.1) is 29.8 Å². The van der Waals surface area contributed by atoms with E-state index < -0.39 is 0 Å². The van der Waals surface area contributed by atoms with E-state index >= 15 is 0 Å². The van der Waals surface area contributed by atoms with Gasteiger partial charge in [0.2, 0.25) is 0 Å². The van der Waals surface area contributed by atoms with Gasteiger partial charge in [-0.05, 0) is 44.0 Å². The largest absolute Gasteiger partial charge is 0.392 e. The fraction of sp³-hybridized carbons (Fsp3) is 0.316. The van der Waals surface area contributed by atoms with Crippen LogP contribution in [0.5, 0.6) is 0 Å². The zero-order valence-corrected chi connectivity index (χ0v) is 14.7. The molecule has 1 amide bonds. The van der Waals surface area contributed by atoms with Crippen molar-refractivity contribution < 1.29 is 9.90 Å². The van der Waals surface area contributed by atoms with E-state index in [1.165, 1.54) is 0 Å². The Kier molecular flexibility index (Phi) is 4.81. The Morgan fingerprint density at radius 2 is 2.16 bits per heavy atom. The van der Waals surface area contributed by atoms with Crippen LogP contribution in [0, 0.1) is 6.92 Å². The number of carbonyl (C=O) groups is 1. The summed E-state index contributed by atoms with van der Waals surface area (Å²) in [5, 5.41) is 17.3. The summed E-state index contributed by atoms with van der Waals surface area (Å²) in [5.74, 6) is -0.214. The standard InChI is InChI=1S/C19H22N4O2/c1-4-13(3)23-18-17(10-20-23)16(8-12(2)21-18)19(25)22-15-7-5-6-14(9-15)11-24/h5-10,13,24H,4,11H2,1-3H3,(H,22,25). The number of hydrogen-bond donors (Lipinski definition) is 2. The minimum absolute atomic E-state index is 0.0655. The molecule has 0 saturated heterocycles. The Morgan fingerprint density at radius 3 is 2.88 bits per heavy atom. The lowest BCUT2D eigenvalue weighted by molar-refractivity contribution is 0.102. The van der Waals surface area contributed by atoms with Crippen LogP contribution in [0.4, 0.5) is 5.69 Å². The number of nitrogens with one attached hydrogen (secondary N) is 1. The lowest BCUT2D eigenvalue weighted by Crippen LogP contribution is -2.14. The van der Waals surface area contributed by atoms with Gasteiger partial charge >= 0.3 is 0 Å². The van der Waals surface area contributed by atoms with Crippen molar-refractivity contribution in [3.63, 3.8) is 0 Å². The summed E-state index contributed by atoms with van der Waals surface area (Å²) in [6.07, 6.45) is 2.63. The molecule has 2 heterocycles. The second-order valence-corrected chi connectivity index (χ2v) is 6.21. The summed E-state index contributed by atoms with van der Waals surface area (Å²) >= 11 is 0. The van der Waals surface area contributed by atoms with Crippen LogP contribution < -0.4 is 5.32 Å². The van der Waals surface area contributed by atoms with Gasteiger partial charge in [-0.25, -0.2) is 9.67 Å². The quantitative estimate of drug-likeness (QED) is 0.746. The topological polar surface area (TPSA) is 80.0 Å². The smallest absolute Gasteiger partial charge is 0.256 e. The highest BCUT2D eigenvalue weighted by atomic mass is 16.3. The second-order valence-electron chi connectivity index (χ2n) is 6.21. The van der Waals surface area contributed by atoms with Crippen LogP contribution >= 0.6 is 0 Å². The fourth-order valence-electron chi connectivity index (χ4n) is 2.77. The monoisotopic (exact) mass is 338 g/mol. The molecule has 1 unspecified atom stereocenters. The highest BCUT2D eigenvalue weighted by Crippen LogP contribution is 2.23. The lowest BCUT2D eigenvalue weighted by atomic mass is 10.1. The molecule has 6 heteroatoms. The first-order valence-electron chi connectivity index (χ1n) is 8.39. The summed E-state index contributed by atoms with van der Waals surface area (Å²) < 4.78 is 1.87. The van der Waals surface area contributed by atoms with Crippen molar-refractivity contribution in [2.45, 2.75) is 39.8 Å². The van der Waals surface area contributed by atoms with E-state index in [0.29, 0.717) is 11.3 Å². The van der Waals surface area contributed by atoms with Crippen LogP contribution in [0.15, 0.2) is 36.5 Å². The Balaban J connectivity index is 1.99. The Labute approximate surface area is 146 Å². The van der Waals surface area contributed by atoms with E-state index in [1.54, 1.807) is 36.5 Å². The minimum Gasteiger partial charge on any atom is -0.392 e. The second kappa shape index (κ2) is 7.03. The molecule has 0 aliphatic heterocycles. The van der Waals surface area contributed by atoms with Gasteiger partial charge in [0.15, 0.2) is 5.65 Å². The van der Waals surface area contributed by atoms with Gasteiger partial charge in [-0.3, -0.25) is 4.79 Å². The first-order chi connectivity index (χ1) is 12.0. The number of aromatic nitrogens is 3. The maximum Gasteiger partial charge on any atom is 0.256 e. The van der Waals surface area contributed by atoms with Crippen LogP contribution in [-0.2, 0) is 6.61 Å². The summed E-state index contributed by atoms with van der Waals surface area (Å²) in [6.45, 7) is 5.98. The number of anilines is 1. The third kappa shape index (κ3) is 3.39. The molecular weight excluding hydrogens is 316 g/mol. The van der Waals surface area contributed by atoms with E-state index in [0.717, 1.165) is 28.7 Å². The molecule has 0 fully saturated rings. The fourth-order valence-corrected chi connectivity index (χ4v) is 2.77. The SMILES string of the molecule is CCC(C)n1ncc2c(C(=O)Nc3cccc(CO)c3)cc(C)nc21. The number of carbonyl (C=O) groups excluding carboxylic acids is 1. The molecule has 1 aromatic carbocycles. The zero-order chi connectivity index (χ0) is 18.0. The predicted molar refractivity (Wildman–Crippen MR) is 97.6 cm³/mol. The zero-order valence-electron chi connectivity index (χ0n) is 14.7. The van der Waals surface area contributed by atoms with Crippen molar-refractivity contribution >= 4 is 22.6 Å². The average molecular weight is 338 g/mol. The molecule has 0 radical (unpaired) electrons. The van der Waals surface area contributed by atoms with Crippen molar-refractivity contribution in [1.82, 2.24) is 14.8 Å². The number of aliphatic hydroxyl groups excluding tert-OH is 1. The first kappa shape index (κ1) is 17.1. The van der Waals surface area contributed by atoms with E-state index in [4.69, 9.17) is 0 Å². The van der Waals surface area contributed by atoms with Gasteiger partial charge in [-0.2, -0.15) is 5.10 Å². The number of hydrogen-bond acceptors (Lipinski definition) is 4. The Bertz CT molecular complexity index is 917. The van der Waals surface area contributed by atoms with Gasteiger partial charge in [0.25, 0.3) is 5.91 Å². The minimum atomic E-state index is -0.214. The van der Waals surface area contributed by atoms with Crippen molar-refractivity contribution in [3.8, 4) is 0 Å². The van der Waals surface area contributed by atoms with E-state index in [9.17, 15) is 9.90 Å². The van der Waals surface area contributed by atoms with Gasteiger partial charge in [-0.1, -0.05) is 19.1 Å². The molecule has 6 nitrogen and oxygen atoms in total.